The zero-order valence-corrected chi connectivity index (χ0v) is 17.2. The molecule has 0 amide bonds. The van der Waals surface area contributed by atoms with Crippen LogP contribution in [0.1, 0.15) is 38.1 Å². The summed E-state index contributed by atoms with van der Waals surface area (Å²) in [5.74, 6) is 0.321. The maximum Gasteiger partial charge on any atom is 0.212 e. The molecule has 144 valence electrons. The van der Waals surface area contributed by atoms with E-state index in [0.29, 0.717) is 18.8 Å². The first-order valence-electron chi connectivity index (χ1n) is 9.24. The van der Waals surface area contributed by atoms with Crippen LogP contribution in [0.4, 0.5) is 0 Å². The Hall–Kier alpha value is -1.57. The second-order valence-corrected chi connectivity index (χ2v) is 11.0. The molecule has 2 aliphatic carbocycles. The van der Waals surface area contributed by atoms with Gasteiger partial charge >= 0.3 is 0 Å². The highest BCUT2D eigenvalue weighted by Crippen LogP contribution is 2.64. The van der Waals surface area contributed by atoms with E-state index in [0.717, 1.165) is 22.7 Å². The molecule has 1 aromatic heterocycles. The van der Waals surface area contributed by atoms with Crippen molar-refractivity contribution in [2.75, 3.05) is 5.75 Å². The molecule has 0 radical (unpaired) electrons. The first-order valence-corrected chi connectivity index (χ1v) is 11.8. The lowest BCUT2D eigenvalue weighted by Gasteiger charge is -2.36. The molecule has 1 N–H and O–H groups in total. The molecule has 2 bridgehead atoms. The highest BCUT2D eigenvalue weighted by molar-refractivity contribution is 7.89. The van der Waals surface area contributed by atoms with Crippen LogP contribution in [-0.2, 0) is 21.4 Å². The third kappa shape index (κ3) is 3.15. The third-order valence-electron chi connectivity index (χ3n) is 6.64. The fourth-order valence-corrected chi connectivity index (χ4v) is 7.41. The van der Waals surface area contributed by atoms with Gasteiger partial charge in [-0.05, 0) is 24.2 Å². The Morgan fingerprint density at radius 3 is 2.63 bits per heavy atom. The lowest BCUT2D eigenvalue weighted by Crippen LogP contribution is -2.45. The summed E-state index contributed by atoms with van der Waals surface area (Å²) in [6, 6.07) is 9.81. The van der Waals surface area contributed by atoms with E-state index in [-0.39, 0.29) is 23.5 Å². The largest absolute Gasteiger partial charge is 0.299 e. The first kappa shape index (κ1) is 18.8. The van der Waals surface area contributed by atoms with Crippen molar-refractivity contribution in [3.8, 4) is 11.3 Å². The number of thiazole rings is 1. The summed E-state index contributed by atoms with van der Waals surface area (Å²) in [6.07, 6.45) is 2.15. The molecule has 27 heavy (non-hydrogen) atoms. The van der Waals surface area contributed by atoms with Crippen LogP contribution >= 0.6 is 11.3 Å². The van der Waals surface area contributed by atoms with Crippen LogP contribution in [0.25, 0.3) is 11.3 Å². The second-order valence-electron chi connectivity index (χ2n) is 8.24. The van der Waals surface area contributed by atoms with Crippen molar-refractivity contribution in [2.24, 2.45) is 16.7 Å². The number of fused-ring (bicyclic) bond motifs is 2. The van der Waals surface area contributed by atoms with Gasteiger partial charge in [0.15, 0.2) is 0 Å². The average molecular weight is 405 g/mol. The van der Waals surface area contributed by atoms with E-state index >= 15 is 0 Å². The third-order valence-corrected chi connectivity index (χ3v) is 8.95. The van der Waals surface area contributed by atoms with Crippen LogP contribution in [-0.4, -0.2) is 24.9 Å². The number of benzene rings is 1. The Bertz CT molecular complexity index is 966. The zero-order chi connectivity index (χ0) is 19.3. The monoisotopic (exact) mass is 404 g/mol. The van der Waals surface area contributed by atoms with Crippen molar-refractivity contribution in [3.05, 3.63) is 40.7 Å². The molecule has 0 saturated heterocycles. The van der Waals surface area contributed by atoms with E-state index in [2.05, 4.69) is 23.6 Å². The van der Waals surface area contributed by atoms with Gasteiger partial charge in [-0.15, -0.1) is 11.3 Å². The minimum absolute atomic E-state index is 0.112. The van der Waals surface area contributed by atoms with E-state index in [1.54, 1.807) is 0 Å². The number of nitrogens with one attached hydrogen (secondary N) is 1. The zero-order valence-electron chi connectivity index (χ0n) is 15.6. The number of Topliss-reactive ketones (excluding diaryl/α,β-unsaturated/α-hetero) is 1. The fourth-order valence-electron chi connectivity index (χ4n) is 4.79. The molecule has 2 aromatic rings. The second kappa shape index (κ2) is 6.50. The summed E-state index contributed by atoms with van der Waals surface area (Å²) >= 11 is 1.44. The van der Waals surface area contributed by atoms with Gasteiger partial charge in [0.1, 0.15) is 10.8 Å². The van der Waals surface area contributed by atoms with Gasteiger partial charge in [0.05, 0.1) is 18.0 Å². The number of carbonyl (C=O) groups excluding carboxylic acids is 1. The lowest BCUT2D eigenvalue weighted by molar-refractivity contribution is -0.128. The Balaban J connectivity index is 1.46. The summed E-state index contributed by atoms with van der Waals surface area (Å²) in [5.41, 5.74) is 0.874. The van der Waals surface area contributed by atoms with Crippen molar-refractivity contribution in [3.63, 3.8) is 0 Å². The molecule has 1 aromatic carbocycles. The molecule has 7 heteroatoms. The fraction of sp³-hybridized carbons (Fsp3) is 0.500. The van der Waals surface area contributed by atoms with E-state index in [1.807, 2.05) is 35.7 Å². The SMILES string of the molecule is CC1(C)C2CCC1(CS(=O)(=O)NCc1nc(-c3ccccc3)cs1)C(=O)C2. The molecule has 2 unspecified atom stereocenters. The van der Waals surface area contributed by atoms with Crippen LogP contribution in [0.15, 0.2) is 35.7 Å². The lowest BCUT2D eigenvalue weighted by atomic mass is 9.70. The van der Waals surface area contributed by atoms with Crippen LogP contribution in [0.2, 0.25) is 0 Å². The highest BCUT2D eigenvalue weighted by atomic mass is 32.2. The first-order chi connectivity index (χ1) is 12.7. The minimum Gasteiger partial charge on any atom is -0.299 e. The smallest absolute Gasteiger partial charge is 0.212 e. The van der Waals surface area contributed by atoms with Gasteiger partial charge in [-0.25, -0.2) is 18.1 Å². The molecule has 2 aliphatic rings. The van der Waals surface area contributed by atoms with Crippen LogP contribution < -0.4 is 4.72 Å². The predicted molar refractivity (Wildman–Crippen MR) is 107 cm³/mol. The Morgan fingerprint density at radius 2 is 2.00 bits per heavy atom. The Morgan fingerprint density at radius 1 is 1.26 bits per heavy atom. The molecule has 5 nitrogen and oxygen atoms in total. The molecule has 4 rings (SSSR count). The van der Waals surface area contributed by atoms with Crippen molar-refractivity contribution in [2.45, 2.75) is 39.7 Å². The highest BCUT2D eigenvalue weighted by Gasteiger charge is 2.65. The van der Waals surface area contributed by atoms with Crippen LogP contribution in [0, 0.1) is 16.7 Å². The number of hydrogen-bond donors (Lipinski definition) is 1. The summed E-state index contributed by atoms with van der Waals surface area (Å²) in [7, 11) is -3.57. The summed E-state index contributed by atoms with van der Waals surface area (Å²) in [4.78, 5) is 17.1. The molecule has 2 atom stereocenters. The summed E-state index contributed by atoms with van der Waals surface area (Å²) < 4.78 is 28.2. The quantitative estimate of drug-likeness (QED) is 0.798. The molecule has 0 spiro atoms. The van der Waals surface area contributed by atoms with Gasteiger partial charge in [-0.2, -0.15) is 0 Å². The van der Waals surface area contributed by atoms with Crippen LogP contribution in [0.5, 0.6) is 0 Å². The summed E-state index contributed by atoms with van der Waals surface area (Å²) in [6.45, 7) is 4.27. The van der Waals surface area contributed by atoms with E-state index < -0.39 is 15.4 Å². The standard InChI is InChI=1S/C20H24N2O3S2/c1-19(2)15-8-9-20(19,17(23)10-15)13-27(24,25)21-11-18-22-16(12-26-18)14-6-4-3-5-7-14/h3-7,12,15,21H,8-11,13H2,1-2H3. The van der Waals surface area contributed by atoms with E-state index in [4.69, 9.17) is 0 Å². The Labute approximate surface area is 164 Å². The van der Waals surface area contributed by atoms with E-state index in [9.17, 15) is 13.2 Å². The summed E-state index contributed by atoms with van der Waals surface area (Å²) in [5, 5.41) is 2.65. The number of carbonyl (C=O) groups is 1. The number of aromatic nitrogens is 1. The average Bonchev–Trinajstić information content (AvgIpc) is 3.24. The number of nitrogens with zero attached hydrogens (tertiary/aromatic N) is 1. The maximum absolute atomic E-state index is 12.8. The van der Waals surface area contributed by atoms with Crippen molar-refractivity contribution < 1.29 is 13.2 Å². The number of sulfonamides is 1. The van der Waals surface area contributed by atoms with E-state index in [1.165, 1.54) is 11.3 Å². The molecule has 2 fully saturated rings. The Kier molecular flexibility index (Phi) is 4.52. The van der Waals surface area contributed by atoms with Gasteiger partial charge in [0.25, 0.3) is 0 Å². The maximum atomic E-state index is 12.8. The topological polar surface area (TPSA) is 76.1 Å². The minimum atomic E-state index is -3.57. The van der Waals surface area contributed by atoms with Gasteiger partial charge in [0, 0.05) is 22.8 Å². The molecule has 2 saturated carbocycles. The number of hydrogen-bond acceptors (Lipinski definition) is 5. The number of rotatable bonds is 6. The molecular formula is C20H24N2O3S2. The van der Waals surface area contributed by atoms with Crippen molar-refractivity contribution in [1.82, 2.24) is 9.71 Å². The van der Waals surface area contributed by atoms with Crippen LogP contribution in [0.3, 0.4) is 0 Å². The van der Waals surface area contributed by atoms with Gasteiger partial charge in [-0.1, -0.05) is 44.2 Å². The van der Waals surface area contributed by atoms with Gasteiger partial charge in [0.2, 0.25) is 10.0 Å². The predicted octanol–water partition coefficient (Wildman–Crippen LogP) is 3.62. The van der Waals surface area contributed by atoms with Crippen molar-refractivity contribution in [1.29, 1.82) is 0 Å². The van der Waals surface area contributed by atoms with Gasteiger partial charge in [-0.3, -0.25) is 4.79 Å². The number of ketones is 1. The van der Waals surface area contributed by atoms with Gasteiger partial charge < -0.3 is 0 Å². The molecule has 1 heterocycles. The molecule has 0 aliphatic heterocycles. The molecular weight excluding hydrogens is 380 g/mol. The van der Waals surface area contributed by atoms with Crippen molar-refractivity contribution >= 4 is 27.1 Å². The normalized spacial score (nSPS) is 26.6.